The SMILES string of the molecule is CC(=NO)c1ccc(C)cc1OCc1nccs1. The van der Waals surface area contributed by atoms with Crippen molar-refractivity contribution in [3.05, 3.63) is 45.9 Å². The Hall–Kier alpha value is -1.88. The van der Waals surface area contributed by atoms with Crippen LogP contribution < -0.4 is 4.74 Å². The summed E-state index contributed by atoms with van der Waals surface area (Å²) in [7, 11) is 0. The fourth-order valence-electron chi connectivity index (χ4n) is 1.57. The smallest absolute Gasteiger partial charge is 0.140 e. The van der Waals surface area contributed by atoms with Crippen LogP contribution in [0.1, 0.15) is 23.1 Å². The van der Waals surface area contributed by atoms with Crippen LogP contribution in [0.25, 0.3) is 0 Å². The first-order chi connectivity index (χ1) is 8.70. The zero-order valence-corrected chi connectivity index (χ0v) is 11.1. The van der Waals surface area contributed by atoms with Crippen LogP contribution in [-0.4, -0.2) is 15.9 Å². The molecule has 94 valence electrons. The Morgan fingerprint density at radius 2 is 2.33 bits per heavy atom. The van der Waals surface area contributed by atoms with Gasteiger partial charge in [-0.05, 0) is 31.5 Å². The molecule has 0 aliphatic rings. The van der Waals surface area contributed by atoms with Crippen molar-refractivity contribution in [3.63, 3.8) is 0 Å². The topological polar surface area (TPSA) is 54.7 Å². The molecule has 0 saturated heterocycles. The first-order valence-electron chi connectivity index (χ1n) is 5.51. The molecule has 0 aliphatic carbocycles. The highest BCUT2D eigenvalue weighted by Gasteiger charge is 2.08. The summed E-state index contributed by atoms with van der Waals surface area (Å²) in [5.41, 5.74) is 2.42. The lowest BCUT2D eigenvalue weighted by molar-refractivity contribution is 0.302. The van der Waals surface area contributed by atoms with Gasteiger partial charge in [-0.3, -0.25) is 0 Å². The maximum atomic E-state index is 8.86. The Morgan fingerprint density at radius 3 is 3.00 bits per heavy atom. The molecule has 1 heterocycles. The lowest BCUT2D eigenvalue weighted by Crippen LogP contribution is -2.02. The molecule has 1 aromatic heterocycles. The van der Waals surface area contributed by atoms with Gasteiger partial charge in [0.15, 0.2) is 0 Å². The highest BCUT2D eigenvalue weighted by Crippen LogP contribution is 2.22. The number of hydrogen-bond donors (Lipinski definition) is 1. The summed E-state index contributed by atoms with van der Waals surface area (Å²) >= 11 is 1.55. The van der Waals surface area contributed by atoms with Crippen molar-refractivity contribution >= 4 is 17.0 Å². The zero-order valence-electron chi connectivity index (χ0n) is 10.3. The highest BCUT2D eigenvalue weighted by molar-refractivity contribution is 7.09. The molecule has 0 amide bonds. The summed E-state index contributed by atoms with van der Waals surface area (Å²) in [5.74, 6) is 0.709. The number of oxime groups is 1. The lowest BCUT2D eigenvalue weighted by atomic mass is 10.1. The molecule has 5 heteroatoms. The van der Waals surface area contributed by atoms with Crippen molar-refractivity contribution in [1.29, 1.82) is 0 Å². The Morgan fingerprint density at radius 1 is 1.50 bits per heavy atom. The molecule has 18 heavy (non-hydrogen) atoms. The largest absolute Gasteiger partial charge is 0.486 e. The summed E-state index contributed by atoms with van der Waals surface area (Å²) in [6.45, 7) is 4.15. The van der Waals surface area contributed by atoms with Crippen LogP contribution in [0.2, 0.25) is 0 Å². The molecule has 1 aromatic carbocycles. The fourth-order valence-corrected chi connectivity index (χ4v) is 2.09. The van der Waals surface area contributed by atoms with Crippen molar-refractivity contribution in [2.24, 2.45) is 5.16 Å². The van der Waals surface area contributed by atoms with Crippen molar-refractivity contribution in [2.45, 2.75) is 20.5 Å². The maximum absolute atomic E-state index is 8.86. The molecule has 0 fully saturated rings. The van der Waals surface area contributed by atoms with Crippen LogP contribution in [0.3, 0.4) is 0 Å². The van der Waals surface area contributed by atoms with E-state index in [1.165, 1.54) is 0 Å². The average molecular weight is 262 g/mol. The summed E-state index contributed by atoms with van der Waals surface area (Å²) in [6.07, 6.45) is 1.75. The Bertz CT molecular complexity index is 550. The van der Waals surface area contributed by atoms with Crippen LogP contribution in [0.15, 0.2) is 34.9 Å². The summed E-state index contributed by atoms with van der Waals surface area (Å²) in [4.78, 5) is 4.16. The molecule has 4 nitrogen and oxygen atoms in total. The quantitative estimate of drug-likeness (QED) is 0.523. The van der Waals surface area contributed by atoms with E-state index < -0.39 is 0 Å². The molecular formula is C13H14N2O2S. The Balaban J connectivity index is 2.22. The molecule has 1 N–H and O–H groups in total. The Kier molecular flexibility index (Phi) is 3.94. The number of hydrogen-bond acceptors (Lipinski definition) is 5. The molecule has 0 spiro atoms. The van der Waals surface area contributed by atoms with Crippen LogP contribution in [0, 0.1) is 6.92 Å². The second-order valence-electron chi connectivity index (χ2n) is 3.90. The predicted molar refractivity (Wildman–Crippen MR) is 71.6 cm³/mol. The van der Waals surface area contributed by atoms with E-state index in [4.69, 9.17) is 9.94 Å². The normalized spacial score (nSPS) is 11.6. The van der Waals surface area contributed by atoms with Crippen LogP contribution >= 0.6 is 11.3 Å². The summed E-state index contributed by atoms with van der Waals surface area (Å²) in [6, 6.07) is 5.78. The third-order valence-electron chi connectivity index (χ3n) is 2.51. The van der Waals surface area contributed by atoms with E-state index in [1.807, 2.05) is 30.5 Å². The van der Waals surface area contributed by atoms with Crippen LogP contribution in [0.4, 0.5) is 0 Å². The molecule has 0 bridgehead atoms. The second-order valence-corrected chi connectivity index (χ2v) is 4.88. The standard InChI is InChI=1S/C13H14N2O2S/c1-9-3-4-11(10(2)15-16)12(7-9)17-8-13-14-5-6-18-13/h3-7,16H,8H2,1-2H3. The first-order valence-corrected chi connectivity index (χ1v) is 6.39. The van der Waals surface area contributed by atoms with Crippen molar-refractivity contribution in [3.8, 4) is 5.75 Å². The van der Waals surface area contributed by atoms with Gasteiger partial charge in [-0.1, -0.05) is 11.2 Å². The average Bonchev–Trinajstić information content (AvgIpc) is 2.88. The number of nitrogens with zero attached hydrogens (tertiary/aromatic N) is 2. The van der Waals surface area contributed by atoms with E-state index in [0.29, 0.717) is 18.1 Å². The van der Waals surface area contributed by atoms with E-state index in [0.717, 1.165) is 16.1 Å². The van der Waals surface area contributed by atoms with Gasteiger partial charge in [0, 0.05) is 17.1 Å². The van der Waals surface area contributed by atoms with Gasteiger partial charge in [0.25, 0.3) is 0 Å². The van der Waals surface area contributed by atoms with Crippen molar-refractivity contribution in [2.75, 3.05) is 0 Å². The summed E-state index contributed by atoms with van der Waals surface area (Å²) in [5, 5.41) is 14.9. The lowest BCUT2D eigenvalue weighted by Gasteiger charge is -2.10. The first kappa shape index (κ1) is 12.6. The number of rotatable bonds is 4. The van der Waals surface area contributed by atoms with E-state index in [-0.39, 0.29) is 0 Å². The predicted octanol–water partition coefficient (Wildman–Crippen LogP) is 3.23. The molecule has 0 atom stereocenters. The van der Waals surface area contributed by atoms with Crippen LogP contribution in [0.5, 0.6) is 5.75 Å². The minimum absolute atomic E-state index is 0.423. The van der Waals surface area contributed by atoms with E-state index >= 15 is 0 Å². The minimum atomic E-state index is 0.423. The van der Waals surface area contributed by atoms with E-state index in [1.54, 1.807) is 24.5 Å². The number of ether oxygens (including phenoxy) is 1. The number of benzene rings is 1. The second kappa shape index (κ2) is 5.64. The molecule has 0 aliphatic heterocycles. The Labute approximate surface area is 110 Å². The van der Waals surface area contributed by atoms with Crippen molar-refractivity contribution in [1.82, 2.24) is 4.98 Å². The van der Waals surface area contributed by atoms with Gasteiger partial charge < -0.3 is 9.94 Å². The number of thiazole rings is 1. The molecule has 0 radical (unpaired) electrons. The van der Waals surface area contributed by atoms with Crippen LogP contribution in [-0.2, 0) is 6.61 Å². The highest BCUT2D eigenvalue weighted by atomic mass is 32.1. The van der Waals surface area contributed by atoms with Gasteiger partial charge in [0.2, 0.25) is 0 Å². The van der Waals surface area contributed by atoms with Gasteiger partial charge in [-0.15, -0.1) is 11.3 Å². The van der Waals surface area contributed by atoms with E-state index in [2.05, 4.69) is 10.1 Å². The van der Waals surface area contributed by atoms with E-state index in [9.17, 15) is 0 Å². The number of aryl methyl sites for hydroxylation is 1. The summed E-state index contributed by atoms with van der Waals surface area (Å²) < 4.78 is 5.74. The molecular weight excluding hydrogens is 248 g/mol. The van der Waals surface area contributed by atoms with Gasteiger partial charge in [0.05, 0.1) is 5.71 Å². The van der Waals surface area contributed by atoms with Gasteiger partial charge in [-0.2, -0.15) is 0 Å². The molecule has 0 unspecified atom stereocenters. The monoisotopic (exact) mass is 262 g/mol. The van der Waals surface area contributed by atoms with Gasteiger partial charge in [-0.25, -0.2) is 4.98 Å². The maximum Gasteiger partial charge on any atom is 0.140 e. The fraction of sp³-hybridized carbons (Fsp3) is 0.231. The minimum Gasteiger partial charge on any atom is -0.486 e. The number of aromatic nitrogens is 1. The molecule has 2 rings (SSSR count). The van der Waals surface area contributed by atoms with Gasteiger partial charge >= 0.3 is 0 Å². The third kappa shape index (κ3) is 2.87. The molecule has 0 saturated carbocycles. The zero-order chi connectivity index (χ0) is 13.0. The third-order valence-corrected chi connectivity index (χ3v) is 3.26. The molecule has 2 aromatic rings. The van der Waals surface area contributed by atoms with Crippen molar-refractivity contribution < 1.29 is 9.94 Å². The van der Waals surface area contributed by atoms with Gasteiger partial charge in [0.1, 0.15) is 17.4 Å².